The molecule has 0 fully saturated rings. The third kappa shape index (κ3) is 4.16. The van der Waals surface area contributed by atoms with Crippen molar-refractivity contribution in [3.63, 3.8) is 0 Å². The van der Waals surface area contributed by atoms with Gasteiger partial charge in [0.05, 0.1) is 0 Å². The lowest BCUT2D eigenvalue weighted by atomic mass is 10.2. The van der Waals surface area contributed by atoms with Gasteiger partial charge in [0.2, 0.25) is 0 Å². The Balaban J connectivity index is 0.000000550. The molecule has 2 aromatic rings. The van der Waals surface area contributed by atoms with Crippen LogP contribution in [-0.4, -0.2) is 17.5 Å². The number of nitrogens with one attached hydrogen (secondary N) is 1. The second-order valence-corrected chi connectivity index (χ2v) is 3.50. The molecular weight excluding hydrogens is 242 g/mol. The maximum Gasteiger partial charge on any atom is 0.290 e. The van der Waals surface area contributed by atoms with E-state index in [4.69, 9.17) is 21.0 Å². The summed E-state index contributed by atoms with van der Waals surface area (Å²) in [5, 5.41) is 14.5. The smallest absolute Gasteiger partial charge is 0.290 e. The Morgan fingerprint density at radius 1 is 1.00 bits per heavy atom. The minimum absolute atomic E-state index is 0.0115. The van der Waals surface area contributed by atoms with Crippen LogP contribution in [0.25, 0.3) is 0 Å². The van der Waals surface area contributed by atoms with E-state index in [2.05, 4.69) is 0 Å². The van der Waals surface area contributed by atoms with Crippen LogP contribution in [0.5, 0.6) is 0 Å². The molecule has 0 saturated heterocycles. The predicted octanol–water partition coefficient (Wildman–Crippen LogP) is 2.42. The van der Waals surface area contributed by atoms with Gasteiger partial charge in [0.15, 0.2) is 5.96 Å². The predicted molar refractivity (Wildman–Crippen MR) is 75.6 cm³/mol. The Kier molecular flexibility index (Phi) is 5.62. The largest absolute Gasteiger partial charge is 0.483 e. The topological polar surface area (TPSA) is 90.4 Å². The van der Waals surface area contributed by atoms with Gasteiger partial charge < -0.3 is 10.8 Å². The van der Waals surface area contributed by atoms with E-state index < -0.39 is 0 Å². The number of nitrogens with two attached hydrogens (primary N) is 1. The van der Waals surface area contributed by atoms with E-state index in [1.165, 1.54) is 0 Å². The van der Waals surface area contributed by atoms with Gasteiger partial charge >= 0.3 is 0 Å². The minimum Gasteiger partial charge on any atom is -0.483 e. The second-order valence-electron chi connectivity index (χ2n) is 3.50. The molecule has 98 valence electrons. The molecular formula is C14H15N3O2. The summed E-state index contributed by atoms with van der Waals surface area (Å²) in [6.07, 6.45) is 0. The number of hydrogen-bond acceptors (Lipinski definition) is 2. The average molecular weight is 257 g/mol. The first-order valence-corrected chi connectivity index (χ1v) is 5.52. The quantitative estimate of drug-likeness (QED) is 0.438. The van der Waals surface area contributed by atoms with Gasteiger partial charge in [-0.1, -0.05) is 36.4 Å². The summed E-state index contributed by atoms with van der Waals surface area (Å²) in [6.45, 7) is -0.250. The van der Waals surface area contributed by atoms with E-state index in [-0.39, 0.29) is 12.4 Å². The molecule has 0 radical (unpaired) electrons. The summed E-state index contributed by atoms with van der Waals surface area (Å²) in [7, 11) is 0. The fourth-order valence-corrected chi connectivity index (χ4v) is 1.58. The molecule has 0 heterocycles. The minimum atomic E-state index is -0.250. The number of rotatable bonds is 2. The molecule has 0 aromatic heterocycles. The van der Waals surface area contributed by atoms with Crippen molar-refractivity contribution < 1.29 is 9.90 Å². The van der Waals surface area contributed by atoms with Gasteiger partial charge in [-0.25, -0.2) is 0 Å². The fourth-order valence-electron chi connectivity index (χ4n) is 1.58. The first-order valence-electron chi connectivity index (χ1n) is 5.52. The van der Waals surface area contributed by atoms with Crippen molar-refractivity contribution in [2.45, 2.75) is 0 Å². The highest BCUT2D eigenvalue weighted by Crippen LogP contribution is 2.23. The van der Waals surface area contributed by atoms with Crippen LogP contribution in [0, 0.1) is 5.41 Å². The molecule has 0 amide bonds. The van der Waals surface area contributed by atoms with Crippen molar-refractivity contribution in [1.82, 2.24) is 0 Å². The Bertz CT molecular complexity index is 475. The van der Waals surface area contributed by atoms with E-state index in [0.717, 1.165) is 11.4 Å². The monoisotopic (exact) mass is 257 g/mol. The number of carbonyl (C=O) groups is 1. The van der Waals surface area contributed by atoms with Gasteiger partial charge in [0.25, 0.3) is 6.47 Å². The highest BCUT2D eigenvalue weighted by Gasteiger charge is 2.10. The molecule has 0 atom stereocenters. The molecule has 4 N–H and O–H groups in total. The third-order valence-corrected chi connectivity index (χ3v) is 2.27. The molecule has 2 aromatic carbocycles. The Morgan fingerprint density at radius 2 is 1.32 bits per heavy atom. The van der Waals surface area contributed by atoms with E-state index in [1.807, 2.05) is 60.7 Å². The van der Waals surface area contributed by atoms with Crippen molar-refractivity contribution in [1.29, 1.82) is 5.41 Å². The Labute approximate surface area is 111 Å². The number of nitrogens with zero attached hydrogens (tertiary/aromatic N) is 1. The van der Waals surface area contributed by atoms with Crippen molar-refractivity contribution in [3.05, 3.63) is 60.7 Å². The Hall–Kier alpha value is -2.82. The van der Waals surface area contributed by atoms with Gasteiger partial charge in [0, 0.05) is 11.4 Å². The van der Waals surface area contributed by atoms with E-state index in [1.54, 1.807) is 4.90 Å². The summed E-state index contributed by atoms with van der Waals surface area (Å²) >= 11 is 0. The maximum atomic E-state index is 8.36. The summed E-state index contributed by atoms with van der Waals surface area (Å²) in [5.74, 6) is 0.0115. The molecule has 0 saturated carbocycles. The summed E-state index contributed by atoms with van der Waals surface area (Å²) in [4.78, 5) is 10.1. The van der Waals surface area contributed by atoms with Gasteiger partial charge in [-0.15, -0.1) is 0 Å². The van der Waals surface area contributed by atoms with Crippen molar-refractivity contribution >= 4 is 23.8 Å². The molecule has 5 nitrogen and oxygen atoms in total. The number of carboxylic acid groups (broad SMARTS) is 1. The molecule has 2 rings (SSSR count). The SMILES string of the molecule is N=C(N)N(c1ccccc1)c1ccccc1.O=CO. The lowest BCUT2D eigenvalue weighted by molar-refractivity contribution is -0.122. The highest BCUT2D eigenvalue weighted by atomic mass is 16.3. The molecule has 0 unspecified atom stereocenters. The number of guanidine groups is 1. The summed E-state index contributed by atoms with van der Waals surface area (Å²) in [6, 6.07) is 19.3. The molecule has 19 heavy (non-hydrogen) atoms. The molecule has 0 bridgehead atoms. The zero-order chi connectivity index (χ0) is 14.1. The van der Waals surface area contributed by atoms with E-state index in [9.17, 15) is 0 Å². The van der Waals surface area contributed by atoms with Crippen LogP contribution in [0.2, 0.25) is 0 Å². The summed E-state index contributed by atoms with van der Waals surface area (Å²) in [5.41, 5.74) is 7.39. The molecule has 5 heteroatoms. The lowest BCUT2D eigenvalue weighted by Gasteiger charge is -2.22. The van der Waals surface area contributed by atoms with Crippen molar-refractivity contribution in [3.8, 4) is 0 Å². The first kappa shape index (κ1) is 14.2. The molecule has 0 spiro atoms. The number of para-hydroxylation sites is 2. The third-order valence-electron chi connectivity index (χ3n) is 2.27. The maximum absolute atomic E-state index is 8.36. The van der Waals surface area contributed by atoms with Gasteiger partial charge in [-0.05, 0) is 24.3 Å². The number of benzene rings is 2. The van der Waals surface area contributed by atoms with Crippen LogP contribution >= 0.6 is 0 Å². The van der Waals surface area contributed by atoms with Crippen molar-refractivity contribution in [2.24, 2.45) is 5.73 Å². The lowest BCUT2D eigenvalue weighted by Crippen LogP contribution is -2.32. The Morgan fingerprint density at radius 3 is 1.58 bits per heavy atom. The highest BCUT2D eigenvalue weighted by molar-refractivity contribution is 5.99. The summed E-state index contributed by atoms with van der Waals surface area (Å²) < 4.78 is 0. The number of anilines is 2. The van der Waals surface area contributed by atoms with Gasteiger partial charge in [-0.2, -0.15) is 0 Å². The van der Waals surface area contributed by atoms with Crippen LogP contribution in [0.15, 0.2) is 60.7 Å². The van der Waals surface area contributed by atoms with Crippen LogP contribution in [0.3, 0.4) is 0 Å². The second kappa shape index (κ2) is 7.50. The van der Waals surface area contributed by atoms with E-state index in [0.29, 0.717) is 0 Å². The van der Waals surface area contributed by atoms with Crippen LogP contribution < -0.4 is 10.6 Å². The molecule has 0 aliphatic heterocycles. The molecule has 0 aliphatic carbocycles. The fraction of sp³-hybridized carbons (Fsp3) is 0. The van der Waals surface area contributed by atoms with Gasteiger partial charge in [0.1, 0.15) is 0 Å². The van der Waals surface area contributed by atoms with Crippen LogP contribution in [0.1, 0.15) is 0 Å². The zero-order valence-electron chi connectivity index (χ0n) is 10.2. The average Bonchev–Trinajstić information content (AvgIpc) is 2.42. The van der Waals surface area contributed by atoms with Crippen LogP contribution in [-0.2, 0) is 4.79 Å². The first-order chi connectivity index (χ1) is 9.20. The zero-order valence-corrected chi connectivity index (χ0v) is 10.2. The normalized spacial score (nSPS) is 8.84. The standard InChI is InChI=1S/C13H13N3.CH2O2/c14-13(15)16(11-7-3-1-4-8-11)12-9-5-2-6-10-12;2-1-3/h1-10H,(H3,14,15);1H,(H,2,3). The van der Waals surface area contributed by atoms with Gasteiger partial charge in [-0.3, -0.25) is 15.1 Å². The van der Waals surface area contributed by atoms with Crippen molar-refractivity contribution in [2.75, 3.05) is 4.90 Å². The molecule has 0 aliphatic rings. The van der Waals surface area contributed by atoms with E-state index >= 15 is 0 Å². The number of hydrogen-bond donors (Lipinski definition) is 3. The van der Waals surface area contributed by atoms with Crippen LogP contribution in [0.4, 0.5) is 11.4 Å².